The number of hydrogen-bond acceptors (Lipinski definition) is 3. The summed E-state index contributed by atoms with van der Waals surface area (Å²) in [5.41, 5.74) is 35.9. The summed E-state index contributed by atoms with van der Waals surface area (Å²) >= 11 is 0. The first-order chi connectivity index (χ1) is 68.4. The molecule has 9 heteroatoms. The van der Waals surface area contributed by atoms with Gasteiger partial charge in [-0.3, -0.25) is 4.57 Å². The molecule has 8 aromatic heterocycles. The zero-order chi connectivity index (χ0) is 90.8. The van der Waals surface area contributed by atoms with Crippen molar-refractivity contribution in [2.24, 2.45) is 0 Å². The van der Waals surface area contributed by atoms with Gasteiger partial charge in [-0.15, -0.1) is 0 Å². The number of rotatable bonds is 14. The van der Waals surface area contributed by atoms with Crippen LogP contribution in [0.1, 0.15) is 0 Å². The Bertz CT molecular complexity index is 8570. The van der Waals surface area contributed by atoms with Crippen molar-refractivity contribution in [1.29, 1.82) is 0 Å². The zero-order valence-electron chi connectivity index (χ0n) is 74.9. The van der Waals surface area contributed by atoms with Crippen LogP contribution in [0.25, 0.3) is 255 Å². The van der Waals surface area contributed by atoms with E-state index < -0.39 is 0 Å². The number of para-hydroxylation sites is 8. The van der Waals surface area contributed by atoms with Crippen LogP contribution in [0, 0.1) is 0 Å². The standard InChI is InChI=1S/C65H42N4.C64H41N5/c1-5-17-43(18-6-1)58-41-51(42-59(66-58)44-19-7-2-8-20-44)69-64-35-31-47(45-29-33-62-54(37-45)52-25-13-15-27-60(52)67(62)49-21-9-3-10-22-49)39-56(64)57-40-48(32-36-65(57)69)46-30-34-63-55(38-46)53-26-14-16-28-61(53)68(63)50-23-11-4-12-24-50;1-5-17-42(18-6-1)56-41-63(66-64(65-56)43-19-7-2-8-20-43)69-61-35-31-46(44-29-33-59-52(37-44)50-25-13-15-27-57(50)67(59)48-21-9-3-10-22-48)39-54(61)55-40-47(32-36-62(55)69)45-30-34-60-53(38-45)51-26-14-16-28-58(51)68(60)49-23-11-4-12-24-49/h1-42H;1-41H. The summed E-state index contributed by atoms with van der Waals surface area (Å²) in [6.07, 6.45) is 0. The van der Waals surface area contributed by atoms with Gasteiger partial charge < -0.3 is 22.8 Å². The predicted molar refractivity (Wildman–Crippen MR) is 576 cm³/mol. The van der Waals surface area contributed by atoms with Crippen LogP contribution in [0.2, 0.25) is 0 Å². The number of hydrogen-bond donors (Lipinski definition) is 0. The van der Waals surface area contributed by atoms with E-state index in [0.29, 0.717) is 5.82 Å². The summed E-state index contributed by atoms with van der Waals surface area (Å²) in [6, 6.07) is 182. The molecule has 8 heterocycles. The lowest BCUT2D eigenvalue weighted by atomic mass is 9.98. The van der Waals surface area contributed by atoms with E-state index in [4.69, 9.17) is 15.0 Å². The van der Waals surface area contributed by atoms with Gasteiger partial charge in [0.15, 0.2) is 5.82 Å². The molecule has 28 rings (SSSR count). The number of benzene rings is 20. The molecular weight excluding hydrogens is 1680 g/mol. The topological polar surface area (TPSA) is 68.2 Å². The highest BCUT2D eigenvalue weighted by Crippen LogP contribution is 2.47. The van der Waals surface area contributed by atoms with Crippen molar-refractivity contribution in [2.75, 3.05) is 0 Å². The first-order valence-electron chi connectivity index (χ1n) is 47.1. The smallest absolute Gasteiger partial charge is 0.162 e. The van der Waals surface area contributed by atoms with Crippen LogP contribution in [-0.4, -0.2) is 42.4 Å². The fraction of sp³-hybridized carbons (Fsp3) is 0. The maximum atomic E-state index is 5.36. The van der Waals surface area contributed by atoms with Crippen LogP contribution in [0.3, 0.4) is 0 Å². The molecule has 138 heavy (non-hydrogen) atoms. The minimum Gasteiger partial charge on any atom is -0.309 e. The summed E-state index contributed by atoms with van der Waals surface area (Å²) in [5.74, 6) is 1.50. The van der Waals surface area contributed by atoms with Gasteiger partial charge in [0.1, 0.15) is 5.82 Å². The maximum absolute atomic E-state index is 5.36. The van der Waals surface area contributed by atoms with Gasteiger partial charge >= 0.3 is 0 Å². The summed E-state index contributed by atoms with van der Waals surface area (Å²) in [7, 11) is 0. The third-order valence-electron chi connectivity index (χ3n) is 27.9. The molecule has 28 aromatic rings. The van der Waals surface area contributed by atoms with E-state index in [0.717, 1.165) is 129 Å². The van der Waals surface area contributed by atoms with Gasteiger partial charge in [-0.05, 0) is 226 Å². The van der Waals surface area contributed by atoms with Gasteiger partial charge in [0, 0.05) is 116 Å². The minimum absolute atomic E-state index is 0.682. The van der Waals surface area contributed by atoms with Gasteiger partial charge in [0.2, 0.25) is 0 Å². The van der Waals surface area contributed by atoms with Crippen molar-refractivity contribution in [3.63, 3.8) is 0 Å². The van der Waals surface area contributed by atoms with Gasteiger partial charge in [-0.2, -0.15) is 0 Å². The zero-order valence-corrected chi connectivity index (χ0v) is 74.9. The molecule has 0 unspecified atom stereocenters. The molecule has 0 aliphatic heterocycles. The molecule has 0 aliphatic rings. The molecule has 0 aliphatic carbocycles. The molecule has 0 saturated heterocycles. The van der Waals surface area contributed by atoms with Crippen molar-refractivity contribution < 1.29 is 0 Å². The average molecular weight is 1760 g/mol. The van der Waals surface area contributed by atoms with Gasteiger partial charge in [-0.25, -0.2) is 15.0 Å². The van der Waals surface area contributed by atoms with Crippen molar-refractivity contribution in [3.05, 3.63) is 504 Å². The predicted octanol–water partition coefficient (Wildman–Crippen LogP) is 33.5. The van der Waals surface area contributed by atoms with Gasteiger partial charge in [0.05, 0.1) is 89.0 Å². The molecule has 0 fully saturated rings. The second kappa shape index (κ2) is 32.7. The lowest BCUT2D eigenvalue weighted by Crippen LogP contribution is -2.02. The summed E-state index contributed by atoms with van der Waals surface area (Å²) in [5, 5.41) is 14.6. The fourth-order valence-electron chi connectivity index (χ4n) is 21.5. The van der Waals surface area contributed by atoms with Crippen LogP contribution in [0.4, 0.5) is 0 Å². The molecule has 644 valence electrons. The molecule has 0 saturated carbocycles. The number of aromatic nitrogens is 9. The second-order valence-corrected chi connectivity index (χ2v) is 35.8. The molecule has 0 N–H and O–H groups in total. The van der Waals surface area contributed by atoms with Crippen molar-refractivity contribution in [2.45, 2.75) is 0 Å². The SMILES string of the molecule is c1ccc(-c2cc(-n3c4ccc(-c5ccc6c(c5)c5ccccc5n6-c5ccccc5)cc4c4cc(-c5ccc6c(c5)c5ccccc5n6-c5ccccc5)ccc43)cc(-c3ccccc3)n2)cc1.c1ccc(-c2cc(-n3c4ccc(-c5ccc6c(c5)c5ccccc5n6-c5ccccc5)cc4c4cc(-c5ccc6c(c5)c5ccccc5n6-c5ccccc5)ccc43)nc(-c3ccccc3)n2)cc1. The first kappa shape index (κ1) is 79.2. The molecule has 0 bridgehead atoms. The molecule has 0 amide bonds. The molecule has 0 atom stereocenters. The van der Waals surface area contributed by atoms with E-state index in [1.807, 2.05) is 24.3 Å². The Balaban J connectivity index is 0.000000139. The Labute approximate surface area is 795 Å². The Hall–Kier alpha value is -18.6. The third-order valence-corrected chi connectivity index (χ3v) is 27.9. The summed E-state index contributed by atoms with van der Waals surface area (Å²) < 4.78 is 14.3. The number of fused-ring (bicyclic) bond motifs is 18. The fourth-order valence-corrected chi connectivity index (χ4v) is 21.5. The van der Waals surface area contributed by atoms with Crippen LogP contribution in [0.15, 0.2) is 504 Å². The monoisotopic (exact) mass is 1760 g/mol. The Morgan fingerprint density at radius 1 is 0.116 bits per heavy atom. The van der Waals surface area contributed by atoms with Gasteiger partial charge in [-0.1, -0.05) is 315 Å². The van der Waals surface area contributed by atoms with E-state index in [1.54, 1.807) is 0 Å². The van der Waals surface area contributed by atoms with E-state index in [-0.39, 0.29) is 0 Å². The van der Waals surface area contributed by atoms with Crippen LogP contribution < -0.4 is 0 Å². The molecule has 20 aromatic carbocycles. The number of nitrogens with zero attached hydrogens (tertiary/aromatic N) is 9. The highest BCUT2D eigenvalue weighted by Gasteiger charge is 2.25. The van der Waals surface area contributed by atoms with Crippen LogP contribution in [-0.2, 0) is 0 Å². The third kappa shape index (κ3) is 13.3. The summed E-state index contributed by atoms with van der Waals surface area (Å²) in [4.78, 5) is 15.8. The first-order valence-corrected chi connectivity index (χ1v) is 47.1. The Morgan fingerprint density at radius 2 is 0.312 bits per heavy atom. The highest BCUT2D eigenvalue weighted by atomic mass is 15.1. The molecule has 0 radical (unpaired) electrons. The van der Waals surface area contributed by atoms with Crippen LogP contribution >= 0.6 is 0 Å². The lowest BCUT2D eigenvalue weighted by Gasteiger charge is -2.13. The Morgan fingerprint density at radius 3 is 0.572 bits per heavy atom. The van der Waals surface area contributed by atoms with Crippen molar-refractivity contribution in [3.8, 4) is 124 Å². The lowest BCUT2D eigenvalue weighted by molar-refractivity contribution is 1.05. The average Bonchev–Trinajstić information content (AvgIpc) is 1.57. The number of pyridine rings is 1. The summed E-state index contributed by atoms with van der Waals surface area (Å²) in [6.45, 7) is 0. The maximum Gasteiger partial charge on any atom is 0.162 e. The van der Waals surface area contributed by atoms with Crippen LogP contribution in [0.5, 0.6) is 0 Å². The molecular formula is C129H83N9. The largest absolute Gasteiger partial charge is 0.309 e. The van der Waals surface area contributed by atoms with Gasteiger partial charge in [0.25, 0.3) is 0 Å². The van der Waals surface area contributed by atoms with E-state index in [1.165, 1.54) is 120 Å². The second-order valence-electron chi connectivity index (χ2n) is 35.8. The van der Waals surface area contributed by atoms with Crippen molar-refractivity contribution in [1.82, 2.24) is 42.4 Å². The van der Waals surface area contributed by atoms with Crippen molar-refractivity contribution >= 4 is 131 Å². The van der Waals surface area contributed by atoms with E-state index in [9.17, 15) is 0 Å². The Kier molecular flexibility index (Phi) is 18.8. The quantitative estimate of drug-likeness (QED) is 0.109. The molecule has 9 nitrogen and oxygen atoms in total. The minimum atomic E-state index is 0.682. The van der Waals surface area contributed by atoms with E-state index >= 15 is 0 Å². The highest BCUT2D eigenvalue weighted by molar-refractivity contribution is 6.18. The normalized spacial score (nSPS) is 11.8. The van der Waals surface area contributed by atoms with E-state index in [2.05, 4.69) is 507 Å². The molecule has 0 spiro atoms.